The van der Waals surface area contributed by atoms with Gasteiger partial charge in [-0.25, -0.2) is 4.39 Å². The average Bonchev–Trinajstić information content (AvgIpc) is 2.37. The maximum atomic E-state index is 13.8. The number of hydrogen-bond donors (Lipinski definition) is 1. The SMILES string of the molecule is Cc1cc(Oc2cccc(F)c2[C@@H](C)O)ccc1C(C)C. The number of benzene rings is 2. The molecule has 0 radical (unpaired) electrons. The van der Waals surface area contributed by atoms with Crippen LogP contribution in [0.5, 0.6) is 11.5 Å². The molecule has 0 heterocycles. The molecule has 0 spiro atoms. The van der Waals surface area contributed by atoms with Gasteiger partial charge in [0.2, 0.25) is 0 Å². The van der Waals surface area contributed by atoms with Crippen LogP contribution < -0.4 is 4.74 Å². The quantitative estimate of drug-likeness (QED) is 0.847. The fourth-order valence-electron chi connectivity index (χ4n) is 2.50. The van der Waals surface area contributed by atoms with Crippen molar-refractivity contribution in [3.8, 4) is 11.5 Å². The first kappa shape index (κ1) is 15.5. The normalized spacial score (nSPS) is 12.5. The summed E-state index contributed by atoms with van der Waals surface area (Å²) in [6.07, 6.45) is -0.919. The van der Waals surface area contributed by atoms with Crippen LogP contribution in [0.1, 0.15) is 49.5 Å². The number of aliphatic hydroxyl groups is 1. The van der Waals surface area contributed by atoms with E-state index in [1.165, 1.54) is 18.6 Å². The van der Waals surface area contributed by atoms with E-state index in [1.807, 2.05) is 25.1 Å². The Morgan fingerprint density at radius 1 is 1.10 bits per heavy atom. The van der Waals surface area contributed by atoms with Crippen molar-refractivity contribution in [2.24, 2.45) is 0 Å². The second-order valence-electron chi connectivity index (χ2n) is 5.60. The molecule has 0 aliphatic rings. The second-order valence-corrected chi connectivity index (χ2v) is 5.60. The van der Waals surface area contributed by atoms with Crippen molar-refractivity contribution in [1.82, 2.24) is 0 Å². The first-order chi connectivity index (χ1) is 9.90. The van der Waals surface area contributed by atoms with E-state index in [0.29, 0.717) is 17.4 Å². The van der Waals surface area contributed by atoms with Crippen molar-refractivity contribution in [3.05, 3.63) is 58.9 Å². The summed E-state index contributed by atoms with van der Waals surface area (Å²) in [5.41, 5.74) is 2.58. The van der Waals surface area contributed by atoms with Gasteiger partial charge in [-0.15, -0.1) is 0 Å². The zero-order valence-corrected chi connectivity index (χ0v) is 12.9. The Kier molecular flexibility index (Phi) is 4.63. The van der Waals surface area contributed by atoms with E-state index in [4.69, 9.17) is 4.74 Å². The molecule has 0 unspecified atom stereocenters. The molecule has 2 aromatic carbocycles. The zero-order chi connectivity index (χ0) is 15.6. The number of ether oxygens (including phenoxy) is 1. The standard InChI is InChI=1S/C18H21FO2/c1-11(2)15-9-8-14(10-12(15)3)21-17-7-5-6-16(19)18(17)13(4)20/h5-11,13,20H,1-4H3/t13-/m1/s1. The zero-order valence-electron chi connectivity index (χ0n) is 12.9. The van der Waals surface area contributed by atoms with Gasteiger partial charge in [-0.3, -0.25) is 0 Å². The number of rotatable bonds is 4. The third-order valence-electron chi connectivity index (χ3n) is 3.52. The highest BCUT2D eigenvalue weighted by Gasteiger charge is 2.15. The van der Waals surface area contributed by atoms with Crippen LogP contribution in [-0.4, -0.2) is 5.11 Å². The highest BCUT2D eigenvalue weighted by atomic mass is 19.1. The maximum absolute atomic E-state index is 13.8. The lowest BCUT2D eigenvalue weighted by molar-refractivity contribution is 0.190. The lowest BCUT2D eigenvalue weighted by Gasteiger charge is -2.16. The van der Waals surface area contributed by atoms with Crippen molar-refractivity contribution < 1.29 is 14.2 Å². The van der Waals surface area contributed by atoms with E-state index in [-0.39, 0.29) is 5.56 Å². The van der Waals surface area contributed by atoms with E-state index in [0.717, 1.165) is 5.56 Å². The predicted molar refractivity (Wildman–Crippen MR) is 82.4 cm³/mol. The molecule has 0 amide bonds. The highest BCUT2D eigenvalue weighted by Crippen LogP contribution is 2.33. The maximum Gasteiger partial charge on any atom is 0.136 e. The monoisotopic (exact) mass is 288 g/mol. The van der Waals surface area contributed by atoms with Gasteiger partial charge in [-0.05, 0) is 55.2 Å². The summed E-state index contributed by atoms with van der Waals surface area (Å²) in [4.78, 5) is 0. The van der Waals surface area contributed by atoms with Gasteiger partial charge in [0.05, 0.1) is 11.7 Å². The van der Waals surface area contributed by atoms with Gasteiger partial charge in [0.1, 0.15) is 17.3 Å². The molecule has 3 heteroatoms. The molecule has 0 saturated heterocycles. The summed E-state index contributed by atoms with van der Waals surface area (Å²) < 4.78 is 19.6. The molecule has 1 atom stereocenters. The number of halogens is 1. The summed E-state index contributed by atoms with van der Waals surface area (Å²) in [6.45, 7) is 7.84. The first-order valence-corrected chi connectivity index (χ1v) is 7.15. The molecule has 0 aliphatic carbocycles. The third-order valence-corrected chi connectivity index (χ3v) is 3.52. The molecule has 112 valence electrons. The van der Waals surface area contributed by atoms with Crippen molar-refractivity contribution >= 4 is 0 Å². The van der Waals surface area contributed by atoms with E-state index in [2.05, 4.69) is 13.8 Å². The smallest absolute Gasteiger partial charge is 0.136 e. The Hall–Kier alpha value is -1.87. The van der Waals surface area contributed by atoms with Crippen LogP contribution in [0.2, 0.25) is 0 Å². The van der Waals surface area contributed by atoms with Crippen molar-refractivity contribution in [1.29, 1.82) is 0 Å². The van der Waals surface area contributed by atoms with Gasteiger partial charge in [-0.2, -0.15) is 0 Å². The van der Waals surface area contributed by atoms with E-state index in [9.17, 15) is 9.50 Å². The summed E-state index contributed by atoms with van der Waals surface area (Å²) in [5.74, 6) is 0.977. The minimum Gasteiger partial charge on any atom is -0.457 e. The van der Waals surface area contributed by atoms with Crippen LogP contribution in [-0.2, 0) is 0 Å². The molecule has 2 rings (SSSR count). The number of hydrogen-bond acceptors (Lipinski definition) is 2. The minimum atomic E-state index is -0.919. The van der Waals surface area contributed by atoms with Crippen LogP contribution in [0, 0.1) is 12.7 Å². The van der Waals surface area contributed by atoms with E-state index in [1.54, 1.807) is 12.1 Å². The Morgan fingerprint density at radius 3 is 2.38 bits per heavy atom. The Balaban J connectivity index is 2.35. The number of aryl methyl sites for hydroxylation is 1. The summed E-state index contributed by atoms with van der Waals surface area (Å²) in [5, 5.41) is 9.71. The molecule has 0 saturated carbocycles. The summed E-state index contributed by atoms with van der Waals surface area (Å²) in [6, 6.07) is 10.4. The largest absolute Gasteiger partial charge is 0.457 e. The lowest BCUT2D eigenvalue weighted by Crippen LogP contribution is -2.00. The number of aliphatic hydroxyl groups excluding tert-OH is 1. The Morgan fingerprint density at radius 2 is 1.81 bits per heavy atom. The molecule has 0 bridgehead atoms. The molecule has 2 aromatic rings. The Labute approximate surface area is 125 Å². The predicted octanol–water partition coefficient (Wildman–Crippen LogP) is 5.10. The molecular formula is C18H21FO2. The molecule has 2 nitrogen and oxygen atoms in total. The van der Waals surface area contributed by atoms with Gasteiger partial charge < -0.3 is 9.84 Å². The topological polar surface area (TPSA) is 29.5 Å². The minimum absolute atomic E-state index is 0.183. The van der Waals surface area contributed by atoms with Crippen molar-refractivity contribution in [2.75, 3.05) is 0 Å². The molecule has 0 aliphatic heterocycles. The van der Waals surface area contributed by atoms with E-state index < -0.39 is 11.9 Å². The van der Waals surface area contributed by atoms with Gasteiger partial charge >= 0.3 is 0 Å². The van der Waals surface area contributed by atoms with Crippen LogP contribution in [0.15, 0.2) is 36.4 Å². The molecular weight excluding hydrogens is 267 g/mol. The second kappa shape index (κ2) is 6.27. The molecule has 21 heavy (non-hydrogen) atoms. The average molecular weight is 288 g/mol. The molecule has 0 fully saturated rings. The summed E-state index contributed by atoms with van der Waals surface area (Å²) >= 11 is 0. The van der Waals surface area contributed by atoms with Crippen LogP contribution in [0.3, 0.4) is 0 Å². The lowest BCUT2D eigenvalue weighted by atomic mass is 9.98. The van der Waals surface area contributed by atoms with Gasteiger partial charge in [0.25, 0.3) is 0 Å². The fourth-order valence-corrected chi connectivity index (χ4v) is 2.50. The molecule has 1 N–H and O–H groups in total. The first-order valence-electron chi connectivity index (χ1n) is 7.15. The van der Waals surface area contributed by atoms with Gasteiger partial charge in [0.15, 0.2) is 0 Å². The summed E-state index contributed by atoms with van der Waals surface area (Å²) in [7, 11) is 0. The van der Waals surface area contributed by atoms with Crippen molar-refractivity contribution in [3.63, 3.8) is 0 Å². The third kappa shape index (κ3) is 3.42. The van der Waals surface area contributed by atoms with Gasteiger partial charge in [-0.1, -0.05) is 26.0 Å². The van der Waals surface area contributed by atoms with E-state index >= 15 is 0 Å². The highest BCUT2D eigenvalue weighted by molar-refractivity contribution is 5.42. The fraction of sp³-hybridized carbons (Fsp3) is 0.333. The van der Waals surface area contributed by atoms with Crippen LogP contribution >= 0.6 is 0 Å². The van der Waals surface area contributed by atoms with Gasteiger partial charge in [0, 0.05) is 0 Å². The van der Waals surface area contributed by atoms with Crippen LogP contribution in [0.4, 0.5) is 4.39 Å². The van der Waals surface area contributed by atoms with Crippen LogP contribution in [0.25, 0.3) is 0 Å². The Bertz CT molecular complexity index is 633. The molecule has 0 aromatic heterocycles. The van der Waals surface area contributed by atoms with Crippen molar-refractivity contribution in [2.45, 2.75) is 39.7 Å².